The van der Waals surface area contributed by atoms with Crippen LogP contribution in [0.4, 0.5) is 5.69 Å². The second-order valence-corrected chi connectivity index (χ2v) is 8.76. The summed E-state index contributed by atoms with van der Waals surface area (Å²) < 4.78 is 13.5. The molecule has 1 saturated carbocycles. The molecule has 0 unspecified atom stereocenters. The van der Waals surface area contributed by atoms with Crippen molar-refractivity contribution >= 4 is 5.69 Å². The summed E-state index contributed by atoms with van der Waals surface area (Å²) in [5, 5.41) is 13.1. The number of para-hydroxylation sites is 3. The monoisotopic (exact) mass is 448 g/mol. The van der Waals surface area contributed by atoms with E-state index >= 15 is 0 Å². The Bertz CT molecular complexity index is 1060. The van der Waals surface area contributed by atoms with Crippen LogP contribution in [0.25, 0.3) is 0 Å². The second-order valence-electron chi connectivity index (χ2n) is 8.76. The van der Waals surface area contributed by atoms with Crippen LogP contribution in [0.5, 0.6) is 11.5 Å². The molecule has 0 N–H and O–H groups in total. The maximum atomic E-state index is 5.77. The molecule has 0 amide bonds. The lowest BCUT2D eigenvalue weighted by molar-refractivity contribution is 0.194. The number of rotatable bonds is 7. The number of methoxy groups -OCH3 is 2. The number of hydrogen-bond acceptors (Lipinski definition) is 7. The molecular weight excluding hydrogens is 416 g/mol. The lowest BCUT2D eigenvalue weighted by Crippen LogP contribution is -2.48. The minimum atomic E-state index is -0.0587. The van der Waals surface area contributed by atoms with Gasteiger partial charge in [0, 0.05) is 31.7 Å². The molecule has 3 aromatic rings. The predicted octanol–water partition coefficient (Wildman–Crippen LogP) is 3.72. The van der Waals surface area contributed by atoms with E-state index in [2.05, 4.69) is 54.3 Å². The Labute approximate surface area is 195 Å². The summed E-state index contributed by atoms with van der Waals surface area (Å²) in [5.74, 6) is 2.70. The van der Waals surface area contributed by atoms with Crippen molar-refractivity contribution in [2.75, 3.05) is 45.3 Å². The quantitative estimate of drug-likeness (QED) is 0.546. The van der Waals surface area contributed by atoms with Gasteiger partial charge in [0.1, 0.15) is 17.5 Å². The molecule has 5 rings (SSSR count). The van der Waals surface area contributed by atoms with E-state index in [9.17, 15) is 0 Å². The molecule has 33 heavy (non-hydrogen) atoms. The van der Waals surface area contributed by atoms with Crippen LogP contribution < -0.4 is 14.4 Å². The topological polar surface area (TPSA) is 68.5 Å². The molecular formula is C25H32N6O2. The summed E-state index contributed by atoms with van der Waals surface area (Å²) in [6.45, 7) is 3.57. The van der Waals surface area contributed by atoms with E-state index in [1.54, 1.807) is 14.2 Å². The number of nitrogens with zero attached hydrogens (tertiary/aromatic N) is 6. The van der Waals surface area contributed by atoms with Crippen LogP contribution in [0.3, 0.4) is 0 Å². The van der Waals surface area contributed by atoms with Crippen LogP contribution in [-0.4, -0.2) is 65.5 Å². The largest absolute Gasteiger partial charge is 0.496 e. The third-order valence-electron chi connectivity index (χ3n) is 6.97. The highest BCUT2D eigenvalue weighted by Crippen LogP contribution is 2.38. The molecule has 1 saturated heterocycles. The minimum Gasteiger partial charge on any atom is -0.496 e. The Morgan fingerprint density at radius 3 is 2.24 bits per heavy atom. The molecule has 2 fully saturated rings. The second kappa shape index (κ2) is 9.79. The highest BCUT2D eigenvalue weighted by molar-refractivity contribution is 5.58. The molecule has 8 heteroatoms. The first-order valence-electron chi connectivity index (χ1n) is 11.8. The molecule has 0 radical (unpaired) electrons. The Kier molecular flexibility index (Phi) is 6.44. The minimum absolute atomic E-state index is 0.0587. The fourth-order valence-electron chi connectivity index (χ4n) is 5.29. The van der Waals surface area contributed by atoms with Gasteiger partial charge in [0.2, 0.25) is 0 Å². The molecule has 8 nitrogen and oxygen atoms in total. The van der Waals surface area contributed by atoms with E-state index in [0.29, 0.717) is 6.04 Å². The average molecular weight is 449 g/mol. The lowest BCUT2D eigenvalue weighted by Gasteiger charge is -2.40. The maximum Gasteiger partial charge on any atom is 0.173 e. The van der Waals surface area contributed by atoms with E-state index in [1.807, 2.05) is 24.3 Å². The number of aromatic nitrogens is 4. The van der Waals surface area contributed by atoms with Crippen molar-refractivity contribution in [2.45, 2.75) is 37.8 Å². The van der Waals surface area contributed by atoms with E-state index < -0.39 is 0 Å². The summed E-state index contributed by atoms with van der Waals surface area (Å²) in [5.41, 5.74) is 2.25. The van der Waals surface area contributed by atoms with Gasteiger partial charge >= 0.3 is 0 Å². The Morgan fingerprint density at radius 2 is 1.52 bits per heavy atom. The predicted molar refractivity (Wildman–Crippen MR) is 127 cm³/mol. The number of piperazine rings is 1. The van der Waals surface area contributed by atoms with Crippen LogP contribution in [0.15, 0.2) is 48.5 Å². The zero-order valence-electron chi connectivity index (χ0n) is 19.4. The molecule has 174 valence electrons. The maximum absolute atomic E-state index is 5.77. The summed E-state index contributed by atoms with van der Waals surface area (Å²) in [4.78, 5) is 4.88. The summed E-state index contributed by atoms with van der Waals surface area (Å²) in [6.07, 6.45) is 4.75. The van der Waals surface area contributed by atoms with Crippen LogP contribution in [-0.2, 0) is 0 Å². The highest BCUT2D eigenvalue weighted by Gasteiger charge is 2.34. The highest BCUT2D eigenvalue weighted by atomic mass is 16.5. The van der Waals surface area contributed by atoms with Crippen molar-refractivity contribution in [1.29, 1.82) is 0 Å². The fraction of sp³-hybridized carbons (Fsp3) is 0.480. The Balaban J connectivity index is 1.46. The Hall–Kier alpha value is -3.13. The first-order valence-corrected chi connectivity index (χ1v) is 11.8. The number of anilines is 1. The summed E-state index contributed by atoms with van der Waals surface area (Å²) in [6, 6.07) is 16.8. The van der Waals surface area contributed by atoms with Crippen LogP contribution >= 0.6 is 0 Å². The van der Waals surface area contributed by atoms with Gasteiger partial charge in [-0.2, -0.15) is 0 Å². The Morgan fingerprint density at radius 1 is 0.848 bits per heavy atom. The van der Waals surface area contributed by atoms with Gasteiger partial charge in [0.05, 0.1) is 25.9 Å². The average Bonchev–Trinajstić information content (AvgIpc) is 3.57. The molecule has 2 heterocycles. The van der Waals surface area contributed by atoms with E-state index in [4.69, 9.17) is 9.47 Å². The van der Waals surface area contributed by atoms with Gasteiger partial charge in [-0.3, -0.25) is 4.90 Å². The van der Waals surface area contributed by atoms with Crippen molar-refractivity contribution in [2.24, 2.45) is 0 Å². The van der Waals surface area contributed by atoms with Crippen molar-refractivity contribution < 1.29 is 9.47 Å². The van der Waals surface area contributed by atoms with Crippen LogP contribution in [0, 0.1) is 0 Å². The van der Waals surface area contributed by atoms with Gasteiger partial charge in [-0.25, -0.2) is 4.68 Å². The standard InChI is InChI=1S/C25H32N6O2/c1-32-22-13-7-5-11-20(22)24(25-26-27-28-31(25)19-9-3-4-10-19)30-17-15-29(16-18-30)21-12-6-8-14-23(21)33-2/h5-8,11-14,19,24H,3-4,9-10,15-18H2,1-2H3/t24-/m0/s1. The molecule has 1 atom stereocenters. The number of benzene rings is 2. The normalized spacial score (nSPS) is 18.4. The van der Waals surface area contributed by atoms with Gasteiger partial charge in [0.15, 0.2) is 5.82 Å². The van der Waals surface area contributed by atoms with Crippen LogP contribution in [0.1, 0.15) is 49.2 Å². The first-order chi connectivity index (χ1) is 16.3. The van der Waals surface area contributed by atoms with E-state index in [-0.39, 0.29) is 6.04 Å². The molecule has 1 aliphatic heterocycles. The third-order valence-corrected chi connectivity index (χ3v) is 6.97. The van der Waals surface area contributed by atoms with Gasteiger partial charge < -0.3 is 14.4 Å². The van der Waals surface area contributed by atoms with Gasteiger partial charge in [0.25, 0.3) is 0 Å². The number of hydrogen-bond donors (Lipinski definition) is 0. The fourth-order valence-corrected chi connectivity index (χ4v) is 5.29. The summed E-state index contributed by atoms with van der Waals surface area (Å²) in [7, 11) is 3.46. The van der Waals surface area contributed by atoms with Crippen molar-refractivity contribution in [3.63, 3.8) is 0 Å². The smallest absolute Gasteiger partial charge is 0.173 e. The van der Waals surface area contributed by atoms with Crippen molar-refractivity contribution in [3.8, 4) is 11.5 Å². The van der Waals surface area contributed by atoms with Gasteiger partial charge in [-0.15, -0.1) is 5.10 Å². The molecule has 2 aliphatic rings. The van der Waals surface area contributed by atoms with E-state index in [0.717, 1.165) is 67.6 Å². The van der Waals surface area contributed by atoms with Gasteiger partial charge in [-0.05, 0) is 41.5 Å². The van der Waals surface area contributed by atoms with Crippen molar-refractivity contribution in [1.82, 2.24) is 25.1 Å². The van der Waals surface area contributed by atoms with Gasteiger partial charge in [-0.1, -0.05) is 43.2 Å². The lowest BCUT2D eigenvalue weighted by atomic mass is 10.0. The molecule has 0 spiro atoms. The van der Waals surface area contributed by atoms with E-state index in [1.165, 1.54) is 12.8 Å². The molecule has 1 aromatic heterocycles. The number of ether oxygens (including phenoxy) is 2. The zero-order valence-corrected chi connectivity index (χ0v) is 19.4. The zero-order chi connectivity index (χ0) is 22.6. The number of tetrazole rings is 1. The molecule has 2 aromatic carbocycles. The van der Waals surface area contributed by atoms with Crippen LogP contribution in [0.2, 0.25) is 0 Å². The molecule has 1 aliphatic carbocycles. The first kappa shape index (κ1) is 21.7. The molecule has 0 bridgehead atoms. The van der Waals surface area contributed by atoms with Crippen molar-refractivity contribution in [3.05, 3.63) is 59.9 Å². The third kappa shape index (κ3) is 4.27. The SMILES string of the molecule is COc1ccccc1[C@@H](c1nnnn1C1CCCC1)N1CCN(c2ccccc2OC)CC1. The summed E-state index contributed by atoms with van der Waals surface area (Å²) >= 11 is 0.